The van der Waals surface area contributed by atoms with Gasteiger partial charge in [0.05, 0.1) is 31.0 Å². The highest BCUT2D eigenvalue weighted by Gasteiger charge is 2.46. The number of aliphatic hydroxyl groups excluding tert-OH is 1. The number of aryl methyl sites for hydroxylation is 3. The molecule has 1 atom stereocenters. The van der Waals surface area contributed by atoms with Crippen molar-refractivity contribution in [1.82, 2.24) is 9.88 Å². The van der Waals surface area contributed by atoms with Crippen molar-refractivity contribution in [3.63, 3.8) is 0 Å². The summed E-state index contributed by atoms with van der Waals surface area (Å²) in [5.74, 6) is -0.860. The Morgan fingerprint density at radius 1 is 1.03 bits per heavy atom. The summed E-state index contributed by atoms with van der Waals surface area (Å²) in [6.07, 6.45) is 1.65. The van der Waals surface area contributed by atoms with Crippen LogP contribution in [-0.2, 0) is 16.1 Å². The number of carbonyl (C=O) groups is 2. The van der Waals surface area contributed by atoms with Gasteiger partial charge in [0.2, 0.25) is 0 Å². The van der Waals surface area contributed by atoms with Crippen LogP contribution in [0.2, 0.25) is 0 Å². The molecule has 0 radical (unpaired) electrons. The summed E-state index contributed by atoms with van der Waals surface area (Å²) in [6, 6.07) is 15.9. The minimum absolute atomic E-state index is 0.0780. The molecule has 2 aromatic carbocycles. The highest BCUT2D eigenvalue weighted by atomic mass is 16.5. The molecule has 1 unspecified atom stereocenters. The maximum Gasteiger partial charge on any atom is 0.296 e. The maximum atomic E-state index is 13.3. The number of benzene rings is 2. The quantitative estimate of drug-likeness (QED) is 0.354. The van der Waals surface area contributed by atoms with E-state index in [1.807, 2.05) is 63.2 Å². The van der Waals surface area contributed by atoms with Crippen molar-refractivity contribution >= 4 is 17.4 Å². The standard InChI is InChI=1S/C27H26N2O4/c1-16-8-7-9-19(12-16)24-23(25(30)21-13-18(3)22(33-4)14-17(21)2)26(31)27(32)29(24)15-20-10-5-6-11-28-20/h5-14,24,30H,15H2,1-4H3/b25-23+. The van der Waals surface area contributed by atoms with Gasteiger partial charge in [0.25, 0.3) is 11.7 Å². The zero-order valence-electron chi connectivity index (χ0n) is 19.1. The molecule has 0 aliphatic carbocycles. The lowest BCUT2D eigenvalue weighted by Gasteiger charge is -2.25. The van der Waals surface area contributed by atoms with E-state index in [9.17, 15) is 14.7 Å². The molecule has 6 heteroatoms. The molecule has 168 valence electrons. The Balaban J connectivity index is 1.91. The number of hydrogen-bond donors (Lipinski definition) is 1. The summed E-state index contributed by atoms with van der Waals surface area (Å²) in [6.45, 7) is 5.81. The van der Waals surface area contributed by atoms with Crippen LogP contribution in [0.5, 0.6) is 5.75 Å². The van der Waals surface area contributed by atoms with E-state index in [2.05, 4.69) is 4.98 Å². The van der Waals surface area contributed by atoms with Gasteiger partial charge in [-0.1, -0.05) is 35.9 Å². The number of pyridine rings is 1. The van der Waals surface area contributed by atoms with Crippen molar-refractivity contribution < 1.29 is 19.4 Å². The molecule has 1 saturated heterocycles. The second-order valence-corrected chi connectivity index (χ2v) is 8.30. The van der Waals surface area contributed by atoms with E-state index in [1.54, 1.807) is 25.4 Å². The van der Waals surface area contributed by atoms with Gasteiger partial charge >= 0.3 is 0 Å². The van der Waals surface area contributed by atoms with Crippen LogP contribution in [0.15, 0.2) is 66.4 Å². The second-order valence-electron chi connectivity index (χ2n) is 8.30. The van der Waals surface area contributed by atoms with Gasteiger partial charge in [-0.05, 0) is 61.7 Å². The summed E-state index contributed by atoms with van der Waals surface area (Å²) < 4.78 is 5.38. The molecule has 3 aromatic rings. The fourth-order valence-corrected chi connectivity index (χ4v) is 4.31. The SMILES string of the molecule is COc1cc(C)c(/C(O)=C2\C(=O)C(=O)N(Cc3ccccn3)C2c2cccc(C)c2)cc1C. The lowest BCUT2D eigenvalue weighted by molar-refractivity contribution is -0.140. The average Bonchev–Trinajstić information content (AvgIpc) is 3.05. The molecular weight excluding hydrogens is 416 g/mol. The van der Waals surface area contributed by atoms with Crippen molar-refractivity contribution in [3.05, 3.63) is 99.9 Å². The van der Waals surface area contributed by atoms with Gasteiger partial charge in [-0.15, -0.1) is 0 Å². The van der Waals surface area contributed by atoms with Crippen molar-refractivity contribution in [2.75, 3.05) is 7.11 Å². The molecule has 4 rings (SSSR count). The lowest BCUT2D eigenvalue weighted by atomic mass is 9.92. The number of ketones is 1. The van der Waals surface area contributed by atoms with E-state index < -0.39 is 17.7 Å². The van der Waals surface area contributed by atoms with E-state index >= 15 is 0 Å². The molecule has 6 nitrogen and oxygen atoms in total. The Bertz CT molecular complexity index is 1260. The number of aliphatic hydroxyl groups is 1. The molecule has 33 heavy (non-hydrogen) atoms. The predicted octanol–water partition coefficient (Wildman–Crippen LogP) is 4.64. The molecule has 2 heterocycles. The number of carbonyl (C=O) groups excluding carboxylic acids is 2. The van der Waals surface area contributed by atoms with Crippen LogP contribution in [0.4, 0.5) is 0 Å². The molecule has 0 spiro atoms. The largest absolute Gasteiger partial charge is 0.507 e. The maximum absolute atomic E-state index is 13.3. The lowest BCUT2D eigenvalue weighted by Crippen LogP contribution is -2.29. The van der Waals surface area contributed by atoms with Crippen molar-refractivity contribution in [2.45, 2.75) is 33.4 Å². The van der Waals surface area contributed by atoms with Crippen LogP contribution in [0.3, 0.4) is 0 Å². The van der Waals surface area contributed by atoms with Crippen LogP contribution < -0.4 is 4.74 Å². The minimum Gasteiger partial charge on any atom is -0.507 e. The van der Waals surface area contributed by atoms with Gasteiger partial charge in [-0.3, -0.25) is 14.6 Å². The van der Waals surface area contributed by atoms with E-state index in [0.717, 1.165) is 22.3 Å². The van der Waals surface area contributed by atoms with Crippen LogP contribution >= 0.6 is 0 Å². The molecule has 1 aromatic heterocycles. The third-order valence-electron chi connectivity index (χ3n) is 5.95. The van der Waals surface area contributed by atoms with E-state index in [1.165, 1.54) is 4.90 Å². The molecule has 0 saturated carbocycles. The zero-order valence-corrected chi connectivity index (χ0v) is 19.1. The number of aromatic nitrogens is 1. The van der Waals surface area contributed by atoms with Crippen LogP contribution in [0.25, 0.3) is 5.76 Å². The molecule has 1 aliphatic rings. The number of nitrogens with zero attached hydrogens (tertiary/aromatic N) is 2. The topological polar surface area (TPSA) is 79.7 Å². The first-order chi connectivity index (χ1) is 15.8. The smallest absolute Gasteiger partial charge is 0.296 e. The fraction of sp³-hybridized carbons (Fsp3) is 0.222. The van der Waals surface area contributed by atoms with Gasteiger partial charge in [-0.25, -0.2) is 0 Å². The molecule has 1 amide bonds. The molecule has 1 aliphatic heterocycles. The number of rotatable bonds is 5. The third kappa shape index (κ3) is 4.12. The number of amides is 1. The van der Waals surface area contributed by atoms with Crippen LogP contribution in [-0.4, -0.2) is 33.8 Å². The first-order valence-corrected chi connectivity index (χ1v) is 10.7. The van der Waals surface area contributed by atoms with E-state index in [-0.39, 0.29) is 17.9 Å². The van der Waals surface area contributed by atoms with Crippen molar-refractivity contribution in [1.29, 1.82) is 0 Å². The number of hydrogen-bond acceptors (Lipinski definition) is 5. The number of Topliss-reactive ketones (excluding diaryl/α,β-unsaturated/α-hetero) is 1. The predicted molar refractivity (Wildman–Crippen MR) is 126 cm³/mol. The first-order valence-electron chi connectivity index (χ1n) is 10.7. The van der Waals surface area contributed by atoms with Crippen molar-refractivity contribution in [2.24, 2.45) is 0 Å². The van der Waals surface area contributed by atoms with Crippen LogP contribution in [0, 0.1) is 20.8 Å². The normalized spacial score (nSPS) is 17.5. The van der Waals surface area contributed by atoms with Gasteiger partial charge in [0.15, 0.2) is 0 Å². The summed E-state index contributed by atoms with van der Waals surface area (Å²) in [4.78, 5) is 32.2. The van der Waals surface area contributed by atoms with Gasteiger partial charge in [-0.2, -0.15) is 0 Å². The zero-order chi connectivity index (χ0) is 23.7. The second kappa shape index (κ2) is 8.90. The van der Waals surface area contributed by atoms with E-state index in [4.69, 9.17) is 4.74 Å². The Morgan fingerprint density at radius 3 is 2.48 bits per heavy atom. The summed E-state index contributed by atoms with van der Waals surface area (Å²) in [5.41, 5.74) is 4.56. The van der Waals surface area contributed by atoms with Crippen LogP contribution in [0.1, 0.15) is 39.6 Å². The summed E-state index contributed by atoms with van der Waals surface area (Å²) in [7, 11) is 1.59. The Labute approximate surface area is 193 Å². The highest BCUT2D eigenvalue weighted by molar-refractivity contribution is 6.46. The first kappa shape index (κ1) is 22.3. The number of methoxy groups -OCH3 is 1. The van der Waals surface area contributed by atoms with Gasteiger partial charge in [0.1, 0.15) is 11.5 Å². The Kier molecular flexibility index (Phi) is 6.01. The highest BCUT2D eigenvalue weighted by Crippen LogP contribution is 2.41. The van der Waals surface area contributed by atoms with Gasteiger partial charge < -0.3 is 14.7 Å². The van der Waals surface area contributed by atoms with Gasteiger partial charge in [0, 0.05) is 11.8 Å². The minimum atomic E-state index is -0.728. The average molecular weight is 443 g/mol. The third-order valence-corrected chi connectivity index (χ3v) is 5.95. The molecular formula is C27H26N2O4. The molecule has 1 fully saturated rings. The monoisotopic (exact) mass is 442 g/mol. The Morgan fingerprint density at radius 2 is 1.82 bits per heavy atom. The number of ether oxygens (including phenoxy) is 1. The Hall–Kier alpha value is -3.93. The fourth-order valence-electron chi connectivity index (χ4n) is 4.31. The number of likely N-dealkylation sites (tertiary alicyclic amines) is 1. The summed E-state index contributed by atoms with van der Waals surface area (Å²) in [5, 5.41) is 11.4. The summed E-state index contributed by atoms with van der Waals surface area (Å²) >= 11 is 0. The van der Waals surface area contributed by atoms with E-state index in [0.29, 0.717) is 17.0 Å². The molecule has 0 bridgehead atoms. The molecule has 1 N–H and O–H groups in total. The van der Waals surface area contributed by atoms with Crippen molar-refractivity contribution in [3.8, 4) is 5.75 Å².